The number of hydrogen-bond donors (Lipinski definition) is 0. The molecule has 14 heteroatoms. The molecule has 0 bridgehead atoms. The molecule has 588 valence electrons. The van der Waals surface area contributed by atoms with E-state index in [1.807, 2.05) is 72.8 Å². The molecule has 0 N–H and O–H groups in total. The van der Waals surface area contributed by atoms with Crippen LogP contribution in [0.15, 0.2) is 422 Å². The fourth-order valence-electron chi connectivity index (χ4n) is 18.7. The van der Waals surface area contributed by atoms with E-state index in [1.165, 1.54) is 32.3 Å². The number of aromatic nitrogens is 12. The van der Waals surface area contributed by atoms with Gasteiger partial charge in [0, 0.05) is 99.6 Å². The van der Waals surface area contributed by atoms with Crippen LogP contribution >= 0.6 is 0 Å². The summed E-state index contributed by atoms with van der Waals surface area (Å²) in [6.45, 7) is 0. The van der Waals surface area contributed by atoms with Crippen LogP contribution in [0.4, 0.5) is 0 Å². The van der Waals surface area contributed by atoms with Crippen molar-refractivity contribution in [3.63, 3.8) is 0 Å². The Morgan fingerprint density at radius 3 is 1.05 bits per heavy atom. The Morgan fingerprint density at radius 1 is 0.190 bits per heavy atom. The Balaban J connectivity index is 0.000000137. The maximum absolute atomic E-state index is 6.08. The highest BCUT2D eigenvalue weighted by Gasteiger charge is 2.24. The number of hydrogen-bond acceptors (Lipinski definition) is 10. The van der Waals surface area contributed by atoms with Crippen molar-refractivity contribution in [2.45, 2.75) is 0 Å². The van der Waals surface area contributed by atoms with Crippen LogP contribution in [0.3, 0.4) is 0 Å². The molecule has 0 amide bonds. The molecule has 0 unspecified atom stereocenters. The molecule has 126 heavy (non-hydrogen) atoms. The maximum Gasteiger partial charge on any atom is 0.238 e. The zero-order chi connectivity index (χ0) is 82.9. The summed E-state index contributed by atoms with van der Waals surface area (Å²) in [7, 11) is 0. The van der Waals surface area contributed by atoms with Gasteiger partial charge in [-0.25, -0.2) is 24.9 Å². The first-order valence-electron chi connectivity index (χ1n) is 42.1. The molecule has 0 atom stereocenters. The second-order valence-electron chi connectivity index (χ2n) is 31.8. The third kappa shape index (κ3) is 12.0. The van der Waals surface area contributed by atoms with Crippen LogP contribution < -0.4 is 0 Å². The van der Waals surface area contributed by atoms with Crippen molar-refractivity contribution < 1.29 is 8.83 Å². The molecule has 26 aromatic rings. The van der Waals surface area contributed by atoms with Gasteiger partial charge in [0.1, 0.15) is 34.3 Å². The second kappa shape index (κ2) is 29.2. The van der Waals surface area contributed by atoms with Crippen LogP contribution in [-0.2, 0) is 0 Å². The molecule has 0 spiro atoms. The van der Waals surface area contributed by atoms with Gasteiger partial charge in [-0.05, 0) is 180 Å². The number of fused-ring (bicyclic) bond motifs is 18. The lowest BCUT2D eigenvalue weighted by Crippen LogP contribution is -2.03. The minimum Gasteiger partial charge on any atom is -0.454 e. The van der Waals surface area contributed by atoms with Crippen molar-refractivity contribution in [3.8, 4) is 113 Å². The van der Waals surface area contributed by atoms with Crippen LogP contribution in [0.1, 0.15) is 0 Å². The fraction of sp³-hybridized carbons (Fsp3) is 0. The Bertz CT molecular complexity index is 8240. The summed E-state index contributed by atoms with van der Waals surface area (Å²) in [6.07, 6.45) is 5.18. The van der Waals surface area contributed by atoms with Crippen LogP contribution in [0, 0.1) is 0 Å². The van der Waals surface area contributed by atoms with E-state index >= 15 is 0 Å². The molecule has 0 aliphatic carbocycles. The Morgan fingerprint density at radius 2 is 0.563 bits per heavy atom. The molecule has 14 aromatic carbocycles. The van der Waals surface area contributed by atoms with E-state index < -0.39 is 0 Å². The van der Waals surface area contributed by atoms with E-state index in [2.05, 4.69) is 355 Å². The highest BCUT2D eigenvalue weighted by atomic mass is 16.3. The van der Waals surface area contributed by atoms with Gasteiger partial charge < -0.3 is 18.0 Å². The summed E-state index contributed by atoms with van der Waals surface area (Å²) in [4.78, 5) is 39.4. The normalized spacial score (nSPS) is 11.8. The van der Waals surface area contributed by atoms with Gasteiger partial charge in [-0.1, -0.05) is 237 Å². The van der Waals surface area contributed by atoms with E-state index in [9.17, 15) is 0 Å². The van der Waals surface area contributed by atoms with Crippen molar-refractivity contribution >= 4 is 131 Å². The third-order valence-corrected chi connectivity index (χ3v) is 24.5. The number of nitrogens with zero attached hydrogens (tertiary/aromatic N) is 12. The molecule has 0 aliphatic heterocycles. The third-order valence-electron chi connectivity index (χ3n) is 24.5. The largest absolute Gasteiger partial charge is 0.454 e. The average molecular weight is 1610 g/mol. The van der Waals surface area contributed by atoms with Crippen LogP contribution in [0.2, 0.25) is 0 Å². The van der Waals surface area contributed by atoms with Crippen LogP contribution in [0.25, 0.3) is 244 Å². The fourth-order valence-corrected chi connectivity index (χ4v) is 18.7. The van der Waals surface area contributed by atoms with Crippen molar-refractivity contribution in [1.29, 1.82) is 0 Å². The van der Waals surface area contributed by atoms with E-state index in [4.69, 9.17) is 33.8 Å². The lowest BCUT2D eigenvalue weighted by molar-refractivity contribution is 0.668. The van der Waals surface area contributed by atoms with Gasteiger partial charge in [0.2, 0.25) is 5.95 Å². The smallest absolute Gasteiger partial charge is 0.238 e. The van der Waals surface area contributed by atoms with E-state index in [1.54, 1.807) is 18.7 Å². The van der Waals surface area contributed by atoms with Crippen molar-refractivity contribution in [2.24, 2.45) is 0 Å². The van der Waals surface area contributed by atoms with Crippen LogP contribution in [-0.4, -0.2) is 58.1 Å². The highest BCUT2D eigenvalue weighted by Crippen LogP contribution is 2.44. The van der Waals surface area contributed by atoms with Crippen molar-refractivity contribution in [1.82, 2.24) is 58.1 Å². The molecule has 0 saturated heterocycles. The number of benzene rings is 14. The van der Waals surface area contributed by atoms with Gasteiger partial charge in [-0.3, -0.25) is 19.1 Å². The summed E-state index contributed by atoms with van der Waals surface area (Å²) >= 11 is 0. The zero-order valence-electron chi connectivity index (χ0n) is 67.4. The molecule has 12 heterocycles. The lowest BCUT2D eigenvalue weighted by atomic mass is 10.0. The Hall–Kier alpha value is -17.4. The number of pyridine rings is 5. The molecule has 12 aromatic heterocycles. The first-order chi connectivity index (χ1) is 62.4. The highest BCUT2D eigenvalue weighted by molar-refractivity contribution is 6.15. The van der Waals surface area contributed by atoms with Crippen LogP contribution in [0.5, 0.6) is 0 Å². The van der Waals surface area contributed by atoms with Gasteiger partial charge in [0.15, 0.2) is 17.0 Å². The second-order valence-corrected chi connectivity index (χ2v) is 31.8. The maximum atomic E-state index is 6.08. The van der Waals surface area contributed by atoms with E-state index in [0.29, 0.717) is 11.8 Å². The number of furan rings is 2. The van der Waals surface area contributed by atoms with Gasteiger partial charge in [-0.15, -0.1) is 0 Å². The Kier molecular flexibility index (Phi) is 16.6. The molecular weight excluding hydrogens is 1550 g/mol. The summed E-state index contributed by atoms with van der Waals surface area (Å²) in [5.41, 5.74) is 30.9. The quantitative estimate of drug-likeness (QED) is 0.116. The molecule has 0 aliphatic rings. The molecule has 26 rings (SSSR count). The average Bonchev–Trinajstić information content (AvgIpc) is 1.60. The van der Waals surface area contributed by atoms with Gasteiger partial charge in [-0.2, -0.15) is 4.98 Å². The van der Waals surface area contributed by atoms with Crippen molar-refractivity contribution in [2.75, 3.05) is 0 Å². The van der Waals surface area contributed by atoms with Crippen molar-refractivity contribution in [3.05, 3.63) is 413 Å². The summed E-state index contributed by atoms with van der Waals surface area (Å²) in [5.74, 6) is 1.96. The van der Waals surface area contributed by atoms with E-state index in [-0.39, 0.29) is 0 Å². The monoisotopic (exact) mass is 1610 g/mol. The summed E-state index contributed by atoms with van der Waals surface area (Å²) < 4.78 is 21.3. The molecule has 14 nitrogen and oxygen atoms in total. The van der Waals surface area contributed by atoms with Gasteiger partial charge in [0.25, 0.3) is 0 Å². The first kappa shape index (κ1) is 71.5. The predicted octanol–water partition coefficient (Wildman–Crippen LogP) is 28.1. The predicted molar refractivity (Wildman–Crippen MR) is 511 cm³/mol. The van der Waals surface area contributed by atoms with E-state index in [0.717, 1.165) is 200 Å². The Labute approximate surface area is 719 Å². The lowest BCUT2D eigenvalue weighted by Gasteiger charge is -2.13. The molecular formula is C112H68N12O2. The zero-order valence-corrected chi connectivity index (χ0v) is 67.4. The number of para-hydroxylation sites is 4. The number of rotatable bonds is 12. The standard InChI is InChI=1S/C57H35N5O.C55H33N7O/c1-3-13-36(14-4-1)48-34-41(35-49(59-48)37-15-5-2-6-16-37)61-50-20-9-8-18-43(50)45-31-38(25-28-52(45)61)39-24-27-44-42-17-7-10-21-51(42)62(53(44)33-39)56-23-11-19-47(60-56)40-26-29-54-46(32-40)57-55(63-54)22-12-30-58-57;1-3-12-34(13-4-1)45-31-39(32-46(59-45)35-14-5-2-6-15-35)61-47-18-9-8-17-41(47)43-28-36(22-25-49(43)61)37-21-24-42-40-16-7-10-19-48(40)62(50(42)30-37)55-58-33-57-54(60-55)38-23-26-51-44(29-38)53-52(63-51)20-11-27-56-53/h1-35H;1-33H. The molecule has 0 radical (unpaired) electrons. The topological polar surface area (TPSA) is 149 Å². The first-order valence-corrected chi connectivity index (χ1v) is 42.1. The minimum atomic E-state index is 0.541. The minimum absolute atomic E-state index is 0.541. The SMILES string of the molecule is c1ccc(-c2cc(-n3c4ccccc4c4cc(-c5ccc6c7ccccc7n(-c7cccc(-c8ccc9oc%10cccnc%10c9c8)n7)c6c5)ccc43)cc(-c3ccccc3)n2)cc1.c1ccc(-c2cc(-n3c4ccccc4c4cc(-c5ccc6c7ccccc7n(-c7ncnc(-c8ccc9oc%10cccnc%10c9c8)n7)c6c5)ccc43)cc(-c3ccccc3)n2)cc1. The summed E-state index contributed by atoms with van der Waals surface area (Å²) in [6, 6.07) is 138. The van der Waals surface area contributed by atoms with Gasteiger partial charge >= 0.3 is 0 Å². The van der Waals surface area contributed by atoms with Gasteiger partial charge in [0.05, 0.1) is 84.0 Å². The molecule has 0 fully saturated rings. The molecule has 0 saturated carbocycles. The summed E-state index contributed by atoms with van der Waals surface area (Å²) in [5, 5.41) is 11.2.